The summed E-state index contributed by atoms with van der Waals surface area (Å²) in [5, 5.41) is 14.1. The maximum absolute atomic E-state index is 11.5. The first kappa shape index (κ1) is 25.4. The summed E-state index contributed by atoms with van der Waals surface area (Å²) in [7, 11) is 1.41. The number of benzene rings is 2. The van der Waals surface area contributed by atoms with E-state index in [4.69, 9.17) is 9.47 Å². The molecule has 0 saturated heterocycles. The molecule has 1 aliphatic rings. The third kappa shape index (κ3) is 7.66. The number of ether oxygens (including phenoxy) is 2. The Morgan fingerprint density at radius 1 is 1.12 bits per heavy atom. The van der Waals surface area contributed by atoms with E-state index in [1.54, 1.807) is 0 Å². The van der Waals surface area contributed by atoms with Crippen molar-refractivity contribution in [2.24, 2.45) is 5.92 Å². The van der Waals surface area contributed by atoms with Gasteiger partial charge in [0.2, 0.25) is 0 Å². The summed E-state index contributed by atoms with van der Waals surface area (Å²) in [6, 6.07) is 16.7. The maximum Gasteiger partial charge on any atom is 0.305 e. The first-order valence-electron chi connectivity index (χ1n) is 12.0. The minimum absolute atomic E-state index is 0.0558. The van der Waals surface area contributed by atoms with Gasteiger partial charge in [-0.3, -0.25) is 4.79 Å². The van der Waals surface area contributed by atoms with Crippen LogP contribution in [0.3, 0.4) is 0 Å². The molecule has 3 rings (SSSR count). The molecule has 1 aliphatic carbocycles. The number of nitrogens with one attached hydrogen (secondary N) is 1. The van der Waals surface area contributed by atoms with Gasteiger partial charge >= 0.3 is 5.97 Å². The highest BCUT2D eigenvalue weighted by Crippen LogP contribution is 2.32. The lowest BCUT2D eigenvalue weighted by Crippen LogP contribution is -2.45. The van der Waals surface area contributed by atoms with E-state index in [1.165, 1.54) is 18.2 Å². The van der Waals surface area contributed by atoms with Gasteiger partial charge in [-0.05, 0) is 74.6 Å². The van der Waals surface area contributed by atoms with Crippen LogP contribution < -0.4 is 5.32 Å². The molecule has 180 valence electrons. The van der Waals surface area contributed by atoms with E-state index in [0.717, 1.165) is 30.4 Å². The van der Waals surface area contributed by atoms with Crippen LogP contribution in [0, 0.1) is 5.92 Å². The highest BCUT2D eigenvalue weighted by molar-refractivity contribution is 5.69. The largest absolute Gasteiger partial charge is 0.469 e. The van der Waals surface area contributed by atoms with E-state index < -0.39 is 6.10 Å². The van der Waals surface area contributed by atoms with Gasteiger partial charge in [0.1, 0.15) is 0 Å². The van der Waals surface area contributed by atoms with E-state index in [1.807, 2.05) is 31.2 Å². The molecule has 5 heteroatoms. The number of aliphatic hydroxyl groups excluding tert-OH is 1. The molecule has 0 radical (unpaired) electrons. The Morgan fingerprint density at radius 2 is 1.76 bits per heavy atom. The lowest BCUT2D eigenvalue weighted by molar-refractivity contribution is -0.140. The Labute approximate surface area is 198 Å². The monoisotopic (exact) mass is 453 g/mol. The number of aliphatic hydroxyl groups is 1. The van der Waals surface area contributed by atoms with Gasteiger partial charge in [0.15, 0.2) is 0 Å². The second kappa shape index (κ2) is 11.8. The normalized spacial score (nSPS) is 15.8. The number of esters is 1. The highest BCUT2D eigenvalue weighted by atomic mass is 16.5. The minimum atomic E-state index is -0.588. The van der Waals surface area contributed by atoms with Crippen LogP contribution in [0.15, 0.2) is 48.5 Å². The fourth-order valence-corrected chi connectivity index (χ4v) is 4.88. The van der Waals surface area contributed by atoms with Crippen LogP contribution in [-0.2, 0) is 33.5 Å². The van der Waals surface area contributed by atoms with Crippen LogP contribution >= 0.6 is 0 Å². The Hall–Kier alpha value is -2.21. The maximum atomic E-state index is 11.5. The van der Waals surface area contributed by atoms with Crippen LogP contribution in [0.5, 0.6) is 0 Å². The van der Waals surface area contributed by atoms with Gasteiger partial charge < -0.3 is 19.9 Å². The van der Waals surface area contributed by atoms with Crippen molar-refractivity contribution in [3.8, 4) is 0 Å². The van der Waals surface area contributed by atoms with Crippen molar-refractivity contribution in [3.63, 3.8) is 0 Å². The van der Waals surface area contributed by atoms with Crippen molar-refractivity contribution in [3.05, 3.63) is 70.8 Å². The van der Waals surface area contributed by atoms with Crippen molar-refractivity contribution < 1.29 is 19.4 Å². The van der Waals surface area contributed by atoms with Crippen molar-refractivity contribution in [1.29, 1.82) is 0 Å². The first-order chi connectivity index (χ1) is 15.8. The number of β-amino-alcohol motifs (C(OH)–C–C–N with tert-alkyl or cyclic N) is 1. The van der Waals surface area contributed by atoms with Gasteiger partial charge in [0.05, 0.1) is 25.9 Å². The lowest BCUT2D eigenvalue weighted by atomic mass is 9.88. The summed E-state index contributed by atoms with van der Waals surface area (Å²) in [5.74, 6) is 0.420. The standard InChI is InChI=1S/C28H39NO4/c1-20(26-12-8-7-9-22(26)13-14-27(31)32-4)33-19-25(30)18-29-28(2,3)17-21-15-23-10-5-6-11-24(23)16-21/h5-12,20-21,25,29-30H,13-19H2,1-4H3/t20-,25-/m1/s1. The van der Waals surface area contributed by atoms with Crippen molar-refractivity contribution in [1.82, 2.24) is 5.32 Å². The molecule has 0 aromatic heterocycles. The Morgan fingerprint density at radius 3 is 2.42 bits per heavy atom. The number of fused-ring (bicyclic) bond motifs is 1. The number of carbonyl (C=O) groups is 1. The van der Waals surface area contributed by atoms with E-state index >= 15 is 0 Å². The Balaban J connectivity index is 1.43. The molecule has 0 fully saturated rings. The topological polar surface area (TPSA) is 67.8 Å². The average molecular weight is 454 g/mol. The van der Waals surface area contributed by atoms with E-state index in [0.29, 0.717) is 25.3 Å². The van der Waals surface area contributed by atoms with Crippen LogP contribution in [0.2, 0.25) is 0 Å². The molecule has 2 aromatic carbocycles. The molecular formula is C28H39NO4. The molecule has 0 heterocycles. The summed E-state index contributed by atoms with van der Waals surface area (Å²) < 4.78 is 10.8. The molecule has 0 amide bonds. The first-order valence-corrected chi connectivity index (χ1v) is 12.0. The van der Waals surface area contributed by atoms with Crippen LogP contribution in [-0.4, -0.2) is 43.0 Å². The SMILES string of the molecule is COC(=O)CCc1ccccc1[C@@H](C)OC[C@H](O)CNC(C)(C)CC1Cc2ccccc2C1. The summed E-state index contributed by atoms with van der Waals surface area (Å²) in [6.07, 6.45) is 3.54. The van der Waals surface area contributed by atoms with Gasteiger partial charge in [-0.15, -0.1) is 0 Å². The predicted molar refractivity (Wildman–Crippen MR) is 131 cm³/mol. The zero-order valence-electron chi connectivity index (χ0n) is 20.5. The third-order valence-electron chi connectivity index (χ3n) is 6.61. The summed E-state index contributed by atoms with van der Waals surface area (Å²) >= 11 is 0. The smallest absolute Gasteiger partial charge is 0.305 e. The molecule has 2 atom stereocenters. The molecule has 0 saturated carbocycles. The van der Waals surface area contributed by atoms with Gasteiger partial charge in [0, 0.05) is 18.5 Å². The molecule has 0 aliphatic heterocycles. The second-order valence-corrected chi connectivity index (χ2v) is 9.92. The molecule has 0 unspecified atom stereocenters. The van der Waals surface area contributed by atoms with Gasteiger partial charge in [-0.25, -0.2) is 0 Å². The molecular weight excluding hydrogens is 414 g/mol. The fraction of sp³-hybridized carbons (Fsp3) is 0.536. The number of aryl methyl sites for hydroxylation is 1. The molecule has 2 aromatic rings. The number of methoxy groups -OCH3 is 1. The second-order valence-electron chi connectivity index (χ2n) is 9.92. The minimum Gasteiger partial charge on any atom is -0.469 e. The zero-order chi connectivity index (χ0) is 23.8. The molecule has 2 N–H and O–H groups in total. The van der Waals surface area contributed by atoms with Crippen LogP contribution in [0.1, 0.15) is 62.0 Å². The zero-order valence-corrected chi connectivity index (χ0v) is 20.5. The quantitative estimate of drug-likeness (QED) is 0.466. The Bertz CT molecular complexity index is 885. The fourth-order valence-electron chi connectivity index (χ4n) is 4.88. The van der Waals surface area contributed by atoms with E-state index in [2.05, 4.69) is 43.4 Å². The highest BCUT2D eigenvalue weighted by Gasteiger charge is 2.28. The number of rotatable bonds is 12. The van der Waals surface area contributed by atoms with Crippen LogP contribution in [0.4, 0.5) is 0 Å². The molecule has 33 heavy (non-hydrogen) atoms. The molecule has 0 spiro atoms. The average Bonchev–Trinajstić information content (AvgIpc) is 3.21. The predicted octanol–water partition coefficient (Wildman–Crippen LogP) is 4.40. The van der Waals surface area contributed by atoms with Crippen molar-refractivity contribution in [2.75, 3.05) is 20.3 Å². The molecule has 0 bridgehead atoms. The lowest BCUT2D eigenvalue weighted by Gasteiger charge is -2.31. The van der Waals surface area contributed by atoms with Gasteiger partial charge in [-0.2, -0.15) is 0 Å². The number of hydrogen-bond acceptors (Lipinski definition) is 5. The van der Waals surface area contributed by atoms with Crippen molar-refractivity contribution in [2.45, 2.75) is 70.6 Å². The van der Waals surface area contributed by atoms with Gasteiger partial charge in [0.25, 0.3) is 0 Å². The number of carbonyl (C=O) groups excluding carboxylic acids is 1. The van der Waals surface area contributed by atoms with Gasteiger partial charge in [-0.1, -0.05) is 48.5 Å². The van der Waals surface area contributed by atoms with Crippen LogP contribution in [0.25, 0.3) is 0 Å². The summed E-state index contributed by atoms with van der Waals surface area (Å²) in [6.45, 7) is 7.15. The molecule has 5 nitrogen and oxygen atoms in total. The third-order valence-corrected chi connectivity index (χ3v) is 6.61. The van der Waals surface area contributed by atoms with E-state index in [9.17, 15) is 9.90 Å². The van der Waals surface area contributed by atoms with Crippen molar-refractivity contribution >= 4 is 5.97 Å². The number of hydrogen-bond donors (Lipinski definition) is 2. The summed E-state index contributed by atoms with van der Waals surface area (Å²) in [4.78, 5) is 11.5. The summed E-state index contributed by atoms with van der Waals surface area (Å²) in [5.41, 5.74) is 5.02. The Kier molecular flexibility index (Phi) is 9.07. The van der Waals surface area contributed by atoms with E-state index in [-0.39, 0.29) is 24.2 Å².